The molecule has 2 heterocycles. The number of nitrogens with one attached hydrogen (secondary N) is 2. The number of halogens is 1. The number of amides is 2. The van der Waals surface area contributed by atoms with Gasteiger partial charge in [0, 0.05) is 6.08 Å². The van der Waals surface area contributed by atoms with Crippen molar-refractivity contribution in [2.75, 3.05) is 0 Å². The number of furan rings is 2. The first-order chi connectivity index (χ1) is 12.5. The number of hydrazine groups is 1. The Balaban J connectivity index is 1.58. The van der Waals surface area contributed by atoms with Crippen LogP contribution in [0, 0.1) is 12.7 Å². The van der Waals surface area contributed by atoms with E-state index in [1.807, 2.05) is 0 Å². The fraction of sp³-hybridized carbons (Fsp3) is 0.0526. The minimum absolute atomic E-state index is 0.329. The second-order valence-corrected chi connectivity index (χ2v) is 5.35. The normalized spacial score (nSPS) is 10.8. The number of carbonyl (C=O) groups is 2. The van der Waals surface area contributed by atoms with Gasteiger partial charge in [0.1, 0.15) is 23.1 Å². The van der Waals surface area contributed by atoms with Crippen LogP contribution < -0.4 is 10.9 Å². The maximum atomic E-state index is 13.7. The van der Waals surface area contributed by atoms with Crippen molar-refractivity contribution < 1.29 is 22.8 Å². The highest BCUT2D eigenvalue weighted by Gasteiger charge is 2.11. The van der Waals surface area contributed by atoms with Gasteiger partial charge in [0.15, 0.2) is 0 Å². The van der Waals surface area contributed by atoms with Crippen LogP contribution in [0.15, 0.2) is 63.6 Å². The lowest BCUT2D eigenvalue weighted by molar-refractivity contribution is -0.117. The first kappa shape index (κ1) is 17.2. The Morgan fingerprint density at radius 1 is 1.08 bits per heavy atom. The molecule has 0 radical (unpaired) electrons. The van der Waals surface area contributed by atoms with Crippen molar-refractivity contribution in [3.8, 4) is 11.3 Å². The monoisotopic (exact) mass is 354 g/mol. The summed E-state index contributed by atoms with van der Waals surface area (Å²) in [6.45, 7) is 1.64. The van der Waals surface area contributed by atoms with E-state index >= 15 is 0 Å². The summed E-state index contributed by atoms with van der Waals surface area (Å²) in [4.78, 5) is 23.6. The lowest BCUT2D eigenvalue weighted by Crippen LogP contribution is -2.40. The van der Waals surface area contributed by atoms with Crippen LogP contribution in [-0.4, -0.2) is 11.8 Å². The molecule has 0 unspecified atom stereocenters. The van der Waals surface area contributed by atoms with Crippen molar-refractivity contribution in [3.05, 3.63) is 77.7 Å². The third-order valence-electron chi connectivity index (χ3n) is 3.57. The van der Waals surface area contributed by atoms with Gasteiger partial charge in [-0.15, -0.1) is 0 Å². The van der Waals surface area contributed by atoms with Gasteiger partial charge in [-0.2, -0.15) is 0 Å². The van der Waals surface area contributed by atoms with Crippen molar-refractivity contribution in [3.63, 3.8) is 0 Å². The van der Waals surface area contributed by atoms with Gasteiger partial charge in [0.25, 0.3) is 11.8 Å². The molecule has 0 saturated carbocycles. The Morgan fingerprint density at radius 2 is 1.88 bits per heavy atom. The molecule has 3 rings (SSSR count). The van der Waals surface area contributed by atoms with Gasteiger partial charge in [0.05, 0.1) is 17.4 Å². The van der Waals surface area contributed by atoms with Crippen LogP contribution >= 0.6 is 0 Å². The van der Waals surface area contributed by atoms with Crippen molar-refractivity contribution >= 4 is 17.9 Å². The number of rotatable bonds is 4. The summed E-state index contributed by atoms with van der Waals surface area (Å²) in [7, 11) is 0. The van der Waals surface area contributed by atoms with E-state index in [1.165, 1.54) is 30.5 Å². The van der Waals surface area contributed by atoms with Crippen LogP contribution in [0.5, 0.6) is 0 Å². The largest absolute Gasteiger partial charge is 0.469 e. The molecule has 26 heavy (non-hydrogen) atoms. The molecule has 1 aromatic carbocycles. The molecule has 6 nitrogen and oxygen atoms in total. The second kappa shape index (κ2) is 7.52. The Labute approximate surface area is 148 Å². The van der Waals surface area contributed by atoms with Gasteiger partial charge in [-0.05, 0) is 43.3 Å². The topological polar surface area (TPSA) is 84.5 Å². The maximum Gasteiger partial charge on any atom is 0.273 e. The lowest BCUT2D eigenvalue weighted by Gasteiger charge is -2.03. The van der Waals surface area contributed by atoms with E-state index < -0.39 is 17.6 Å². The molecule has 2 aromatic heterocycles. The zero-order valence-electron chi connectivity index (χ0n) is 13.8. The number of benzene rings is 1. The molecule has 132 valence electrons. The van der Waals surface area contributed by atoms with Crippen molar-refractivity contribution in [2.24, 2.45) is 0 Å². The molecule has 0 aliphatic rings. The molecule has 0 spiro atoms. The first-order valence-corrected chi connectivity index (χ1v) is 7.72. The zero-order chi connectivity index (χ0) is 18.5. The van der Waals surface area contributed by atoms with Crippen LogP contribution in [0.25, 0.3) is 17.4 Å². The molecule has 7 heteroatoms. The van der Waals surface area contributed by atoms with E-state index in [1.54, 1.807) is 37.3 Å². The molecule has 0 atom stereocenters. The van der Waals surface area contributed by atoms with Crippen LogP contribution in [-0.2, 0) is 4.79 Å². The molecule has 2 amide bonds. The third kappa shape index (κ3) is 3.89. The van der Waals surface area contributed by atoms with Gasteiger partial charge in [-0.1, -0.05) is 12.1 Å². The summed E-state index contributed by atoms with van der Waals surface area (Å²) < 4.78 is 24.2. The smallest absolute Gasteiger partial charge is 0.273 e. The minimum atomic E-state index is -0.552. The van der Waals surface area contributed by atoms with E-state index in [2.05, 4.69) is 10.9 Å². The highest BCUT2D eigenvalue weighted by Crippen LogP contribution is 2.25. The SMILES string of the molecule is Cc1occc1C(=O)NNC(=O)/C=C/c1ccc(-c2ccccc2F)o1. The predicted octanol–water partition coefficient (Wildman–Crippen LogP) is 3.46. The number of aryl methyl sites for hydroxylation is 1. The minimum Gasteiger partial charge on any atom is -0.469 e. The Morgan fingerprint density at radius 3 is 2.62 bits per heavy atom. The summed E-state index contributed by atoms with van der Waals surface area (Å²) in [6, 6.07) is 11.0. The second-order valence-electron chi connectivity index (χ2n) is 5.35. The highest BCUT2D eigenvalue weighted by atomic mass is 19.1. The highest BCUT2D eigenvalue weighted by molar-refractivity contribution is 5.98. The Kier molecular flexibility index (Phi) is 4.98. The predicted molar refractivity (Wildman–Crippen MR) is 92.2 cm³/mol. The van der Waals surface area contributed by atoms with Gasteiger partial charge < -0.3 is 8.83 Å². The molecule has 2 N–H and O–H groups in total. The van der Waals surface area contributed by atoms with Crippen LogP contribution in [0.3, 0.4) is 0 Å². The van der Waals surface area contributed by atoms with Crippen molar-refractivity contribution in [1.29, 1.82) is 0 Å². The molecule has 0 saturated heterocycles. The third-order valence-corrected chi connectivity index (χ3v) is 3.57. The van der Waals surface area contributed by atoms with E-state index in [-0.39, 0.29) is 0 Å². The zero-order valence-corrected chi connectivity index (χ0v) is 13.8. The fourth-order valence-electron chi connectivity index (χ4n) is 2.25. The average molecular weight is 354 g/mol. The summed E-state index contributed by atoms with van der Waals surface area (Å²) in [5, 5.41) is 0. The average Bonchev–Trinajstić information content (AvgIpc) is 3.27. The molecule has 0 fully saturated rings. The van der Waals surface area contributed by atoms with Crippen LogP contribution in [0.1, 0.15) is 21.9 Å². The number of hydrogen-bond acceptors (Lipinski definition) is 4. The van der Waals surface area contributed by atoms with E-state index in [9.17, 15) is 14.0 Å². The van der Waals surface area contributed by atoms with Gasteiger partial charge in [-0.25, -0.2) is 4.39 Å². The Bertz CT molecular complexity index is 971. The molecular formula is C19H15FN2O4. The lowest BCUT2D eigenvalue weighted by atomic mass is 10.1. The molecule has 0 bridgehead atoms. The Hall–Kier alpha value is -3.61. The first-order valence-electron chi connectivity index (χ1n) is 7.72. The summed E-state index contributed by atoms with van der Waals surface area (Å²) >= 11 is 0. The standard InChI is InChI=1S/C19H15FN2O4/c1-12-14(10-11-25-12)19(24)22-21-18(23)9-7-13-6-8-17(26-13)15-4-2-3-5-16(15)20/h2-11H,1H3,(H,21,23)(H,22,24)/b9-7+. The quantitative estimate of drug-likeness (QED) is 0.555. The molecule has 3 aromatic rings. The van der Waals surface area contributed by atoms with Gasteiger partial charge in [-0.3, -0.25) is 20.4 Å². The van der Waals surface area contributed by atoms with E-state index in [4.69, 9.17) is 8.83 Å². The maximum absolute atomic E-state index is 13.7. The van der Waals surface area contributed by atoms with Gasteiger partial charge >= 0.3 is 0 Å². The van der Waals surface area contributed by atoms with Gasteiger partial charge in [0.2, 0.25) is 0 Å². The molecule has 0 aliphatic heterocycles. The van der Waals surface area contributed by atoms with Crippen LogP contribution in [0.4, 0.5) is 4.39 Å². The number of hydrogen-bond donors (Lipinski definition) is 2. The van der Waals surface area contributed by atoms with Crippen molar-refractivity contribution in [1.82, 2.24) is 10.9 Å². The fourth-order valence-corrected chi connectivity index (χ4v) is 2.25. The van der Waals surface area contributed by atoms with E-state index in [0.29, 0.717) is 28.4 Å². The van der Waals surface area contributed by atoms with E-state index in [0.717, 1.165) is 0 Å². The van der Waals surface area contributed by atoms with Crippen LogP contribution in [0.2, 0.25) is 0 Å². The molecular weight excluding hydrogens is 339 g/mol. The summed E-state index contributed by atoms with van der Waals surface area (Å²) in [5.41, 5.74) is 5.18. The van der Waals surface area contributed by atoms with Crippen molar-refractivity contribution in [2.45, 2.75) is 6.92 Å². The summed E-state index contributed by atoms with van der Waals surface area (Å²) in [5.74, 6) is -0.264. The molecule has 0 aliphatic carbocycles. The summed E-state index contributed by atoms with van der Waals surface area (Å²) in [6.07, 6.45) is 3.98. The number of carbonyl (C=O) groups excluding carboxylic acids is 2.